The van der Waals surface area contributed by atoms with E-state index in [0.717, 1.165) is 15.6 Å². The van der Waals surface area contributed by atoms with Gasteiger partial charge in [0.05, 0.1) is 4.83 Å². The van der Waals surface area contributed by atoms with Gasteiger partial charge >= 0.3 is 0 Å². The van der Waals surface area contributed by atoms with Crippen LogP contribution in [0.3, 0.4) is 0 Å². The molecule has 4 heteroatoms. The molecule has 0 spiro atoms. The predicted octanol–water partition coefficient (Wildman–Crippen LogP) is 6.81. The van der Waals surface area contributed by atoms with Gasteiger partial charge < -0.3 is 0 Å². The molecule has 1 atom stereocenters. The highest BCUT2D eigenvalue weighted by molar-refractivity contribution is 9.09. The monoisotopic (exact) mass is 388 g/mol. The van der Waals surface area contributed by atoms with Crippen molar-refractivity contribution in [3.8, 4) is 0 Å². The highest BCUT2D eigenvalue weighted by Gasteiger charge is 2.20. The second-order valence-corrected chi connectivity index (χ2v) is 8.11. The van der Waals surface area contributed by atoms with Crippen LogP contribution in [0, 0.1) is 0 Å². The lowest BCUT2D eigenvalue weighted by molar-refractivity contribution is 0.712. The number of rotatable bonds is 2. The average Bonchev–Trinajstić information content (AvgIpc) is 2.72. The van der Waals surface area contributed by atoms with E-state index in [1.807, 2.05) is 29.5 Å². The van der Waals surface area contributed by atoms with Gasteiger partial charge in [-0.2, -0.15) is 0 Å². The molecule has 0 saturated heterocycles. The van der Waals surface area contributed by atoms with E-state index in [1.54, 1.807) is 4.88 Å². The number of benzene rings is 1. The molecule has 1 heterocycles. The first-order chi connectivity index (χ1) is 9.65. The van der Waals surface area contributed by atoms with E-state index in [-0.39, 0.29) is 4.83 Å². The third-order valence-electron chi connectivity index (χ3n) is 3.75. The van der Waals surface area contributed by atoms with Gasteiger partial charge in [-0.1, -0.05) is 45.6 Å². The zero-order valence-corrected chi connectivity index (χ0v) is 14.9. The molecule has 1 aliphatic carbocycles. The zero-order chi connectivity index (χ0) is 14.1. The van der Waals surface area contributed by atoms with Gasteiger partial charge in [-0.15, -0.1) is 11.3 Å². The van der Waals surface area contributed by atoms with Crippen molar-refractivity contribution in [3.05, 3.63) is 55.2 Å². The highest BCUT2D eigenvalue weighted by Crippen LogP contribution is 2.42. The number of fused-ring (bicyclic) bond motifs is 1. The quantitative estimate of drug-likeness (QED) is 0.391. The van der Waals surface area contributed by atoms with Crippen LogP contribution in [0.1, 0.15) is 45.0 Å². The van der Waals surface area contributed by atoms with Gasteiger partial charge in [0.1, 0.15) is 0 Å². The highest BCUT2D eigenvalue weighted by atomic mass is 79.9. The number of hydrogen-bond donors (Lipinski definition) is 0. The van der Waals surface area contributed by atoms with E-state index < -0.39 is 0 Å². The molecule has 20 heavy (non-hydrogen) atoms. The van der Waals surface area contributed by atoms with Gasteiger partial charge in [-0.25, -0.2) is 0 Å². The van der Waals surface area contributed by atoms with Crippen molar-refractivity contribution in [3.63, 3.8) is 0 Å². The van der Waals surface area contributed by atoms with Crippen LogP contribution >= 0.6 is 50.5 Å². The molecular weight excluding hydrogens is 375 g/mol. The van der Waals surface area contributed by atoms with Crippen LogP contribution in [-0.4, -0.2) is 0 Å². The number of aryl methyl sites for hydroxylation is 2. The van der Waals surface area contributed by atoms with Crippen LogP contribution in [-0.2, 0) is 12.8 Å². The molecule has 2 aromatic rings. The van der Waals surface area contributed by atoms with E-state index in [2.05, 4.69) is 22.0 Å². The Kier molecular flexibility index (Phi) is 4.76. The summed E-state index contributed by atoms with van der Waals surface area (Å²) in [7, 11) is 0. The van der Waals surface area contributed by atoms with Crippen molar-refractivity contribution >= 4 is 50.5 Å². The summed E-state index contributed by atoms with van der Waals surface area (Å²) in [6, 6.07) is 8.00. The van der Waals surface area contributed by atoms with Crippen LogP contribution < -0.4 is 0 Å². The Morgan fingerprint density at radius 3 is 2.70 bits per heavy atom. The molecule has 1 unspecified atom stereocenters. The number of halogens is 3. The number of thiophene rings is 1. The maximum Gasteiger partial charge on any atom is 0.0753 e. The molecule has 3 rings (SSSR count). The zero-order valence-electron chi connectivity index (χ0n) is 11.0. The minimum Gasteiger partial charge on any atom is -0.144 e. The maximum atomic E-state index is 6.31. The molecule has 0 bridgehead atoms. The summed E-state index contributed by atoms with van der Waals surface area (Å²) >= 11 is 18.1. The second kappa shape index (κ2) is 6.39. The van der Waals surface area contributed by atoms with E-state index in [0.29, 0.717) is 0 Å². The standard InChI is InChI=1S/C16H15BrCl2S/c17-16(12-9-11(18)6-7-13(12)19)15-8-10-4-2-1-3-5-14(10)20-15/h6-9,16H,1-5H2. The van der Waals surface area contributed by atoms with Gasteiger partial charge in [0.25, 0.3) is 0 Å². The minimum absolute atomic E-state index is 0.130. The van der Waals surface area contributed by atoms with Gasteiger partial charge in [0, 0.05) is 19.8 Å². The number of hydrogen-bond acceptors (Lipinski definition) is 1. The van der Waals surface area contributed by atoms with Crippen LogP contribution in [0.25, 0.3) is 0 Å². The molecule has 1 aromatic carbocycles. The Morgan fingerprint density at radius 1 is 1.05 bits per heavy atom. The Bertz CT molecular complexity index is 597. The fraction of sp³-hybridized carbons (Fsp3) is 0.375. The summed E-state index contributed by atoms with van der Waals surface area (Å²) in [4.78, 5) is 3.02. The minimum atomic E-state index is 0.130. The normalized spacial score (nSPS) is 16.6. The second-order valence-electron chi connectivity index (χ2n) is 5.19. The molecule has 0 aliphatic heterocycles. The molecule has 0 fully saturated rings. The van der Waals surface area contributed by atoms with Crippen molar-refractivity contribution in [2.24, 2.45) is 0 Å². The smallest absolute Gasteiger partial charge is 0.0753 e. The van der Waals surface area contributed by atoms with Crippen molar-refractivity contribution < 1.29 is 0 Å². The Hall–Kier alpha value is -0.0200. The molecule has 0 radical (unpaired) electrons. The maximum absolute atomic E-state index is 6.31. The molecule has 1 aliphatic rings. The van der Waals surface area contributed by atoms with Gasteiger partial charge in [0.2, 0.25) is 0 Å². The summed E-state index contributed by atoms with van der Waals surface area (Å²) < 4.78 is 0. The lowest BCUT2D eigenvalue weighted by Crippen LogP contribution is -1.91. The van der Waals surface area contributed by atoms with Crippen LogP contribution in [0.15, 0.2) is 24.3 Å². The van der Waals surface area contributed by atoms with Gasteiger partial charge in [-0.05, 0) is 61.1 Å². The lowest BCUT2D eigenvalue weighted by atomic mass is 10.1. The Morgan fingerprint density at radius 2 is 1.85 bits per heavy atom. The SMILES string of the molecule is Clc1ccc(Cl)c(C(Br)c2cc3c(s2)CCCCC3)c1. The summed E-state index contributed by atoms with van der Waals surface area (Å²) in [5.41, 5.74) is 2.58. The first-order valence-corrected chi connectivity index (χ1v) is 9.34. The molecule has 106 valence electrons. The Balaban J connectivity index is 1.94. The first kappa shape index (κ1) is 14.9. The molecule has 0 amide bonds. The molecule has 0 N–H and O–H groups in total. The van der Waals surface area contributed by atoms with E-state index in [1.165, 1.54) is 42.5 Å². The molecular formula is C16H15BrCl2S. The van der Waals surface area contributed by atoms with E-state index in [4.69, 9.17) is 23.2 Å². The summed E-state index contributed by atoms with van der Waals surface area (Å²) in [6.45, 7) is 0. The van der Waals surface area contributed by atoms with Gasteiger partial charge in [0.15, 0.2) is 0 Å². The van der Waals surface area contributed by atoms with Crippen molar-refractivity contribution in [2.75, 3.05) is 0 Å². The lowest BCUT2D eigenvalue weighted by Gasteiger charge is -2.10. The van der Waals surface area contributed by atoms with Crippen molar-refractivity contribution in [2.45, 2.75) is 36.9 Å². The average molecular weight is 390 g/mol. The fourth-order valence-corrected chi connectivity index (χ4v) is 5.26. The van der Waals surface area contributed by atoms with Crippen LogP contribution in [0.4, 0.5) is 0 Å². The summed E-state index contributed by atoms with van der Waals surface area (Å²) in [5, 5.41) is 1.49. The fourth-order valence-electron chi connectivity index (χ4n) is 2.68. The summed E-state index contributed by atoms with van der Waals surface area (Å²) in [5.74, 6) is 0. The largest absolute Gasteiger partial charge is 0.144 e. The van der Waals surface area contributed by atoms with Gasteiger partial charge in [-0.3, -0.25) is 0 Å². The van der Waals surface area contributed by atoms with Crippen molar-refractivity contribution in [1.82, 2.24) is 0 Å². The molecule has 1 aromatic heterocycles. The van der Waals surface area contributed by atoms with Crippen LogP contribution in [0.2, 0.25) is 10.0 Å². The van der Waals surface area contributed by atoms with E-state index >= 15 is 0 Å². The number of alkyl halides is 1. The third-order valence-corrected chi connectivity index (χ3v) is 6.92. The van der Waals surface area contributed by atoms with E-state index in [9.17, 15) is 0 Å². The molecule has 0 nitrogen and oxygen atoms in total. The van der Waals surface area contributed by atoms with Crippen molar-refractivity contribution in [1.29, 1.82) is 0 Å². The summed E-state index contributed by atoms with van der Waals surface area (Å²) in [6.07, 6.45) is 6.43. The van der Waals surface area contributed by atoms with Crippen LogP contribution in [0.5, 0.6) is 0 Å². The molecule has 0 saturated carbocycles. The topological polar surface area (TPSA) is 0 Å². The predicted molar refractivity (Wildman–Crippen MR) is 92.8 cm³/mol. The third kappa shape index (κ3) is 3.09. The Labute approximate surface area is 142 Å². The first-order valence-electron chi connectivity index (χ1n) is 6.85.